The molecule has 0 unspecified atom stereocenters. The molecule has 0 atom stereocenters. The Hall–Kier alpha value is -3.06. The van der Waals surface area contributed by atoms with Gasteiger partial charge in [0.1, 0.15) is 11.6 Å². The summed E-state index contributed by atoms with van der Waals surface area (Å²) in [7, 11) is 1.57. The Morgan fingerprint density at radius 2 is 2.04 bits per heavy atom. The van der Waals surface area contributed by atoms with Crippen molar-refractivity contribution < 1.29 is 9.13 Å². The van der Waals surface area contributed by atoms with Crippen LogP contribution in [0.15, 0.2) is 53.3 Å². The van der Waals surface area contributed by atoms with E-state index in [9.17, 15) is 9.18 Å². The van der Waals surface area contributed by atoms with Gasteiger partial charge >= 0.3 is 0 Å². The second-order valence-corrected chi connectivity index (χ2v) is 6.31. The maximum atomic E-state index is 13.3. The van der Waals surface area contributed by atoms with Crippen molar-refractivity contribution >= 4 is 22.4 Å². The molecular weight excluding hydrogens is 341 g/mol. The van der Waals surface area contributed by atoms with Gasteiger partial charge in [-0.05, 0) is 35.9 Å². The number of rotatable bonds is 3. The predicted molar refractivity (Wildman–Crippen MR) is 94.3 cm³/mol. The number of para-hydroxylation sites is 1. The van der Waals surface area contributed by atoms with Gasteiger partial charge in [-0.2, -0.15) is 9.50 Å². The molecular formula is C18H12FN3O2S. The molecule has 124 valence electrons. The summed E-state index contributed by atoms with van der Waals surface area (Å²) in [5, 5.41) is 4.30. The van der Waals surface area contributed by atoms with Crippen LogP contribution >= 0.6 is 11.3 Å². The molecule has 0 N–H and O–H groups in total. The van der Waals surface area contributed by atoms with Crippen LogP contribution in [-0.4, -0.2) is 21.7 Å². The number of methoxy groups -OCH3 is 1. The third-order valence-electron chi connectivity index (χ3n) is 3.68. The number of ether oxygens (including phenoxy) is 1. The summed E-state index contributed by atoms with van der Waals surface area (Å²) < 4.78 is 20.3. The van der Waals surface area contributed by atoms with Gasteiger partial charge in [0.2, 0.25) is 4.96 Å². The third-order valence-corrected chi connectivity index (χ3v) is 4.64. The standard InChI is InChI=1S/C18H12FN3O2S/c1-24-14-8-3-2-7-13(14)16-20-18-22(21-16)17(23)15(25-18)10-11-5-4-6-12(19)9-11/h2-10H,1H3/b15-10+. The van der Waals surface area contributed by atoms with E-state index in [1.165, 1.54) is 28.0 Å². The quantitative estimate of drug-likeness (QED) is 0.568. The number of thiazole rings is 1. The third kappa shape index (κ3) is 2.78. The van der Waals surface area contributed by atoms with Crippen molar-refractivity contribution in [3.05, 3.63) is 74.8 Å². The van der Waals surface area contributed by atoms with Gasteiger partial charge in [-0.15, -0.1) is 5.10 Å². The summed E-state index contributed by atoms with van der Waals surface area (Å²) in [4.78, 5) is 17.4. The first-order chi connectivity index (χ1) is 12.2. The van der Waals surface area contributed by atoms with Gasteiger partial charge < -0.3 is 4.74 Å². The molecule has 0 aliphatic carbocycles. The molecule has 0 aliphatic rings. The van der Waals surface area contributed by atoms with E-state index in [2.05, 4.69) is 10.1 Å². The summed E-state index contributed by atoms with van der Waals surface area (Å²) in [6.07, 6.45) is 1.63. The largest absolute Gasteiger partial charge is 0.496 e. The van der Waals surface area contributed by atoms with Gasteiger partial charge in [0.05, 0.1) is 17.2 Å². The van der Waals surface area contributed by atoms with Crippen LogP contribution in [0.3, 0.4) is 0 Å². The van der Waals surface area contributed by atoms with Crippen molar-refractivity contribution in [1.82, 2.24) is 14.6 Å². The zero-order valence-corrected chi connectivity index (χ0v) is 14.0. The average Bonchev–Trinajstić information content (AvgIpc) is 3.15. The number of nitrogens with zero attached hydrogens (tertiary/aromatic N) is 3. The van der Waals surface area contributed by atoms with Crippen LogP contribution in [0.25, 0.3) is 22.4 Å². The van der Waals surface area contributed by atoms with Crippen LogP contribution in [0, 0.1) is 5.82 Å². The smallest absolute Gasteiger partial charge is 0.291 e. The van der Waals surface area contributed by atoms with Gasteiger partial charge in [0, 0.05) is 0 Å². The lowest BCUT2D eigenvalue weighted by Gasteiger charge is -2.03. The SMILES string of the molecule is COc1ccccc1-c1nc2s/c(=C/c3cccc(F)c3)c(=O)n2n1. The molecule has 25 heavy (non-hydrogen) atoms. The Labute approximate surface area is 145 Å². The highest BCUT2D eigenvalue weighted by atomic mass is 32.1. The maximum absolute atomic E-state index is 13.3. The number of aromatic nitrogens is 3. The minimum absolute atomic E-state index is 0.280. The van der Waals surface area contributed by atoms with E-state index in [1.807, 2.05) is 24.3 Å². The molecule has 0 fully saturated rings. The molecule has 2 heterocycles. The molecule has 5 nitrogen and oxygen atoms in total. The summed E-state index contributed by atoms with van der Waals surface area (Å²) in [6, 6.07) is 13.4. The van der Waals surface area contributed by atoms with E-state index in [-0.39, 0.29) is 11.4 Å². The lowest BCUT2D eigenvalue weighted by atomic mass is 10.2. The lowest BCUT2D eigenvalue weighted by Crippen LogP contribution is -2.23. The molecule has 2 aromatic carbocycles. The molecule has 0 saturated carbocycles. The Morgan fingerprint density at radius 3 is 2.80 bits per heavy atom. The molecule has 2 aromatic heterocycles. The van der Waals surface area contributed by atoms with E-state index in [0.717, 1.165) is 5.56 Å². The molecule has 0 bridgehead atoms. The minimum atomic E-state index is -0.348. The van der Waals surface area contributed by atoms with Gasteiger partial charge in [-0.3, -0.25) is 4.79 Å². The fourth-order valence-corrected chi connectivity index (χ4v) is 3.43. The molecule has 4 aromatic rings. The number of halogens is 1. The molecule has 0 spiro atoms. The van der Waals surface area contributed by atoms with E-state index in [1.54, 1.807) is 25.3 Å². The van der Waals surface area contributed by atoms with Crippen LogP contribution in [0.5, 0.6) is 5.75 Å². The molecule has 0 amide bonds. The molecule has 0 radical (unpaired) electrons. The molecule has 0 aliphatic heterocycles. The van der Waals surface area contributed by atoms with Crippen molar-refractivity contribution in [2.24, 2.45) is 0 Å². The first-order valence-electron chi connectivity index (χ1n) is 7.46. The highest BCUT2D eigenvalue weighted by molar-refractivity contribution is 7.15. The maximum Gasteiger partial charge on any atom is 0.291 e. The second-order valence-electron chi connectivity index (χ2n) is 5.30. The number of fused-ring (bicyclic) bond motifs is 1. The zero-order valence-electron chi connectivity index (χ0n) is 13.1. The van der Waals surface area contributed by atoms with Gasteiger partial charge in [-0.25, -0.2) is 4.39 Å². The first-order valence-corrected chi connectivity index (χ1v) is 8.27. The number of benzene rings is 2. The zero-order chi connectivity index (χ0) is 17.4. The monoisotopic (exact) mass is 353 g/mol. The Kier molecular flexibility index (Phi) is 3.77. The summed E-state index contributed by atoms with van der Waals surface area (Å²) >= 11 is 1.21. The highest BCUT2D eigenvalue weighted by Crippen LogP contribution is 2.27. The summed E-state index contributed by atoms with van der Waals surface area (Å²) in [5.74, 6) is 0.719. The van der Waals surface area contributed by atoms with Crippen LogP contribution in [0.2, 0.25) is 0 Å². The Balaban J connectivity index is 1.84. The van der Waals surface area contributed by atoms with Crippen molar-refractivity contribution in [2.45, 2.75) is 0 Å². The highest BCUT2D eigenvalue weighted by Gasteiger charge is 2.14. The molecule has 7 heteroatoms. The number of hydrogen-bond acceptors (Lipinski definition) is 5. The van der Waals surface area contributed by atoms with E-state index in [4.69, 9.17) is 4.74 Å². The normalized spacial score (nSPS) is 12.0. The van der Waals surface area contributed by atoms with Crippen molar-refractivity contribution in [3.63, 3.8) is 0 Å². The number of hydrogen-bond donors (Lipinski definition) is 0. The predicted octanol–water partition coefficient (Wildman–Crippen LogP) is 2.51. The Bertz CT molecular complexity index is 1180. The van der Waals surface area contributed by atoms with Crippen LogP contribution < -0.4 is 14.8 Å². The average molecular weight is 353 g/mol. The van der Waals surface area contributed by atoms with Crippen molar-refractivity contribution in [2.75, 3.05) is 7.11 Å². The summed E-state index contributed by atoms with van der Waals surface area (Å²) in [5.41, 5.74) is 1.06. The first kappa shape index (κ1) is 15.5. The second kappa shape index (κ2) is 6.10. The minimum Gasteiger partial charge on any atom is -0.496 e. The van der Waals surface area contributed by atoms with Crippen molar-refractivity contribution in [3.8, 4) is 17.1 Å². The molecule has 0 saturated heterocycles. The Morgan fingerprint density at radius 1 is 1.20 bits per heavy atom. The summed E-state index contributed by atoms with van der Waals surface area (Å²) in [6.45, 7) is 0. The topological polar surface area (TPSA) is 56.5 Å². The van der Waals surface area contributed by atoms with E-state index in [0.29, 0.717) is 26.6 Å². The van der Waals surface area contributed by atoms with Gasteiger partial charge in [0.25, 0.3) is 5.56 Å². The van der Waals surface area contributed by atoms with E-state index >= 15 is 0 Å². The van der Waals surface area contributed by atoms with Crippen LogP contribution in [-0.2, 0) is 0 Å². The van der Waals surface area contributed by atoms with E-state index < -0.39 is 0 Å². The van der Waals surface area contributed by atoms with Crippen LogP contribution in [0.1, 0.15) is 5.56 Å². The molecule has 4 rings (SSSR count). The lowest BCUT2D eigenvalue weighted by molar-refractivity contribution is 0.416. The van der Waals surface area contributed by atoms with Crippen LogP contribution in [0.4, 0.5) is 4.39 Å². The van der Waals surface area contributed by atoms with Gasteiger partial charge in [-0.1, -0.05) is 35.6 Å². The fraction of sp³-hybridized carbons (Fsp3) is 0.0556. The van der Waals surface area contributed by atoms with Gasteiger partial charge in [0.15, 0.2) is 5.82 Å². The fourth-order valence-electron chi connectivity index (χ4n) is 2.52. The van der Waals surface area contributed by atoms with Crippen molar-refractivity contribution in [1.29, 1.82) is 0 Å².